The topological polar surface area (TPSA) is 67.2 Å². The molecule has 0 fully saturated rings. The van der Waals surface area contributed by atoms with E-state index in [9.17, 15) is 9.59 Å². The first kappa shape index (κ1) is 25.8. The van der Waals surface area contributed by atoms with Gasteiger partial charge in [0.1, 0.15) is 12.4 Å². The van der Waals surface area contributed by atoms with Crippen molar-refractivity contribution >= 4 is 40.8 Å². The molecule has 34 heavy (non-hydrogen) atoms. The summed E-state index contributed by atoms with van der Waals surface area (Å²) in [5.41, 5.74) is 1.84. The summed E-state index contributed by atoms with van der Waals surface area (Å²) in [4.78, 5) is 27.7. The van der Waals surface area contributed by atoms with Gasteiger partial charge in [-0.2, -0.15) is 5.10 Å². The molecular weight excluding hydrogens is 471 g/mol. The Balaban J connectivity index is 1.85. The second-order valence-corrected chi connectivity index (χ2v) is 10.1. The zero-order valence-electron chi connectivity index (χ0n) is 19.9. The van der Waals surface area contributed by atoms with Crippen LogP contribution < -0.4 is 5.32 Å². The van der Waals surface area contributed by atoms with E-state index in [4.69, 9.17) is 28.3 Å². The average molecular weight is 501 g/mol. The zero-order valence-corrected chi connectivity index (χ0v) is 21.5. The molecule has 0 aliphatic rings. The zero-order chi connectivity index (χ0) is 24.9. The molecule has 0 saturated heterocycles. The Labute approximate surface area is 210 Å². The minimum absolute atomic E-state index is 0.0814. The van der Waals surface area contributed by atoms with Gasteiger partial charge in [0.2, 0.25) is 5.91 Å². The van der Waals surface area contributed by atoms with E-state index in [2.05, 4.69) is 26.1 Å². The summed E-state index contributed by atoms with van der Waals surface area (Å²) in [6.07, 6.45) is 1.69. The van der Waals surface area contributed by atoms with Crippen LogP contribution in [-0.2, 0) is 10.2 Å². The summed E-state index contributed by atoms with van der Waals surface area (Å²) >= 11 is 12.1. The van der Waals surface area contributed by atoms with Gasteiger partial charge in [-0.05, 0) is 48.9 Å². The second kappa shape index (κ2) is 11.1. The third-order valence-corrected chi connectivity index (χ3v) is 5.78. The molecule has 1 heterocycles. The van der Waals surface area contributed by atoms with Gasteiger partial charge in [-0.3, -0.25) is 9.59 Å². The van der Waals surface area contributed by atoms with E-state index < -0.39 is 0 Å². The minimum atomic E-state index is -0.304. The van der Waals surface area contributed by atoms with E-state index in [1.165, 1.54) is 0 Å². The molecule has 2 amide bonds. The first-order valence-electron chi connectivity index (χ1n) is 11.3. The maximum Gasteiger partial charge on any atom is 0.254 e. The number of nitrogens with zero attached hydrogens (tertiary/aromatic N) is 3. The fraction of sp³-hybridized carbons (Fsp3) is 0.346. The van der Waals surface area contributed by atoms with Crippen molar-refractivity contribution in [2.45, 2.75) is 46.0 Å². The first-order valence-corrected chi connectivity index (χ1v) is 12.0. The second-order valence-electron chi connectivity index (χ2n) is 9.19. The summed E-state index contributed by atoms with van der Waals surface area (Å²) < 4.78 is 1.68. The van der Waals surface area contributed by atoms with Crippen LogP contribution in [0.5, 0.6) is 0 Å². The normalized spacial score (nSPS) is 11.4. The van der Waals surface area contributed by atoms with Gasteiger partial charge in [-0.1, -0.05) is 63.4 Å². The van der Waals surface area contributed by atoms with E-state index in [-0.39, 0.29) is 23.8 Å². The van der Waals surface area contributed by atoms with Crippen molar-refractivity contribution in [3.8, 4) is 5.69 Å². The molecule has 0 unspecified atom stereocenters. The number of rotatable bonds is 8. The van der Waals surface area contributed by atoms with Crippen LogP contribution in [0.15, 0.2) is 54.6 Å². The van der Waals surface area contributed by atoms with Crippen molar-refractivity contribution in [1.29, 1.82) is 0 Å². The molecule has 1 aromatic heterocycles. The molecule has 180 valence electrons. The molecule has 0 atom stereocenters. The summed E-state index contributed by atoms with van der Waals surface area (Å²) in [5.74, 6) is -0.00219. The number of anilines is 1. The molecule has 8 heteroatoms. The Morgan fingerprint density at radius 3 is 2.35 bits per heavy atom. The lowest BCUT2D eigenvalue weighted by Crippen LogP contribution is -2.39. The van der Waals surface area contributed by atoms with Crippen LogP contribution in [0, 0.1) is 0 Å². The van der Waals surface area contributed by atoms with Crippen molar-refractivity contribution in [2.24, 2.45) is 0 Å². The smallest absolute Gasteiger partial charge is 0.254 e. The van der Waals surface area contributed by atoms with Gasteiger partial charge in [-0.25, -0.2) is 4.68 Å². The number of unbranched alkanes of at least 4 members (excludes halogenated alkanes) is 1. The number of benzene rings is 2. The SMILES string of the molecule is CCCCN(CC(=O)Nc1cc(C(C)(C)C)nn1-c1ccc(Cl)cc1)C(=O)c1cccc(Cl)c1. The number of carbonyl (C=O) groups is 2. The third-order valence-electron chi connectivity index (χ3n) is 5.29. The standard InChI is InChI=1S/C26H30Cl2N4O2/c1-5-6-14-31(25(34)18-8-7-9-20(28)15-18)17-24(33)29-23-16-22(26(2,3)4)30-32(23)21-12-10-19(27)11-13-21/h7-13,15-16H,5-6,14,17H2,1-4H3,(H,29,33). The third kappa shape index (κ3) is 6.61. The van der Waals surface area contributed by atoms with Crippen LogP contribution in [0.4, 0.5) is 5.82 Å². The quantitative estimate of drug-likeness (QED) is 0.391. The monoisotopic (exact) mass is 500 g/mol. The lowest BCUT2D eigenvalue weighted by atomic mass is 9.92. The van der Waals surface area contributed by atoms with Crippen molar-refractivity contribution in [3.05, 3.63) is 75.9 Å². The summed E-state index contributed by atoms with van der Waals surface area (Å²) in [6.45, 7) is 8.61. The molecule has 0 aliphatic heterocycles. The van der Waals surface area contributed by atoms with E-state index in [1.54, 1.807) is 46.0 Å². The van der Waals surface area contributed by atoms with Gasteiger partial charge in [0.05, 0.1) is 11.4 Å². The lowest BCUT2D eigenvalue weighted by Gasteiger charge is -2.22. The molecule has 0 bridgehead atoms. The first-order chi connectivity index (χ1) is 16.1. The Morgan fingerprint density at radius 2 is 1.74 bits per heavy atom. The Kier molecular flexibility index (Phi) is 8.39. The summed E-state index contributed by atoms with van der Waals surface area (Å²) in [7, 11) is 0. The van der Waals surface area contributed by atoms with Crippen molar-refractivity contribution in [3.63, 3.8) is 0 Å². The van der Waals surface area contributed by atoms with Crippen LogP contribution in [-0.4, -0.2) is 39.6 Å². The number of hydrogen-bond acceptors (Lipinski definition) is 3. The van der Waals surface area contributed by atoms with Crippen LogP contribution in [0.1, 0.15) is 56.6 Å². The molecule has 3 aromatic rings. The van der Waals surface area contributed by atoms with Crippen molar-refractivity contribution < 1.29 is 9.59 Å². The van der Waals surface area contributed by atoms with Gasteiger partial charge in [0.25, 0.3) is 5.91 Å². The predicted octanol–water partition coefficient (Wildman–Crippen LogP) is 6.36. The Morgan fingerprint density at radius 1 is 1.03 bits per heavy atom. The number of halogens is 2. The van der Waals surface area contributed by atoms with E-state index >= 15 is 0 Å². The van der Waals surface area contributed by atoms with Gasteiger partial charge >= 0.3 is 0 Å². The van der Waals surface area contributed by atoms with E-state index in [0.717, 1.165) is 24.2 Å². The van der Waals surface area contributed by atoms with Crippen LogP contribution in [0.2, 0.25) is 10.0 Å². The molecular formula is C26H30Cl2N4O2. The number of hydrogen-bond donors (Lipinski definition) is 1. The van der Waals surface area contributed by atoms with Gasteiger partial charge in [0, 0.05) is 33.6 Å². The highest BCUT2D eigenvalue weighted by molar-refractivity contribution is 6.31. The predicted molar refractivity (Wildman–Crippen MR) is 138 cm³/mol. The van der Waals surface area contributed by atoms with Crippen LogP contribution in [0.3, 0.4) is 0 Å². The highest BCUT2D eigenvalue weighted by atomic mass is 35.5. The molecule has 0 spiro atoms. The Hall–Kier alpha value is -2.83. The maximum atomic E-state index is 13.1. The van der Waals surface area contributed by atoms with Crippen LogP contribution >= 0.6 is 23.2 Å². The van der Waals surface area contributed by atoms with Gasteiger partial charge in [-0.15, -0.1) is 0 Å². The highest BCUT2D eigenvalue weighted by Crippen LogP contribution is 2.27. The molecule has 0 saturated carbocycles. The summed E-state index contributed by atoms with van der Waals surface area (Å²) in [5, 5.41) is 8.76. The highest BCUT2D eigenvalue weighted by Gasteiger charge is 2.23. The number of carbonyl (C=O) groups excluding carboxylic acids is 2. The van der Waals surface area contributed by atoms with Gasteiger partial charge in [0.15, 0.2) is 0 Å². The maximum absolute atomic E-state index is 13.1. The molecule has 1 N–H and O–H groups in total. The largest absolute Gasteiger partial charge is 0.329 e. The van der Waals surface area contributed by atoms with E-state index in [1.807, 2.05) is 25.1 Å². The van der Waals surface area contributed by atoms with E-state index in [0.29, 0.717) is 28.0 Å². The minimum Gasteiger partial charge on any atom is -0.329 e. The van der Waals surface area contributed by atoms with Crippen molar-refractivity contribution in [1.82, 2.24) is 14.7 Å². The fourth-order valence-corrected chi connectivity index (χ4v) is 3.69. The number of amides is 2. The Bertz CT molecular complexity index is 1150. The van der Waals surface area contributed by atoms with Crippen molar-refractivity contribution in [2.75, 3.05) is 18.4 Å². The lowest BCUT2D eigenvalue weighted by molar-refractivity contribution is -0.116. The molecule has 0 aliphatic carbocycles. The molecule has 2 aromatic carbocycles. The summed E-state index contributed by atoms with van der Waals surface area (Å²) in [6, 6.07) is 15.9. The number of nitrogens with one attached hydrogen (secondary N) is 1. The van der Waals surface area contributed by atoms with Crippen LogP contribution in [0.25, 0.3) is 5.69 Å². The average Bonchev–Trinajstić information content (AvgIpc) is 3.21. The number of aromatic nitrogens is 2. The van der Waals surface area contributed by atoms with Gasteiger partial charge < -0.3 is 10.2 Å². The molecule has 3 rings (SSSR count). The fourth-order valence-electron chi connectivity index (χ4n) is 3.38. The molecule has 0 radical (unpaired) electrons. The molecule has 6 nitrogen and oxygen atoms in total.